The number of anilines is 4. The minimum absolute atomic E-state index is 0.279. The highest BCUT2D eigenvalue weighted by atomic mass is 32.1. The number of aromatic nitrogens is 3. The summed E-state index contributed by atoms with van der Waals surface area (Å²) in [5.74, 6) is 0.787. The predicted molar refractivity (Wildman–Crippen MR) is 160 cm³/mol. The number of hydrogen-bond donors (Lipinski definition) is 3. The molecule has 1 aliphatic heterocycles. The molecule has 4 heterocycles. The first-order chi connectivity index (χ1) is 19.0. The van der Waals surface area contributed by atoms with Crippen molar-refractivity contribution in [2.75, 3.05) is 55.9 Å². The number of amides is 1. The number of nitrogens with one attached hydrogen (secondary N) is 3. The fraction of sp³-hybridized carbons (Fsp3) is 0.207. The Morgan fingerprint density at radius 1 is 1.13 bits per heavy atom. The number of rotatable bonds is 7. The number of benzene rings is 2. The lowest BCUT2D eigenvalue weighted by Crippen LogP contribution is -2.44. The molecule has 3 N–H and O–H groups in total. The third kappa shape index (κ3) is 4.80. The van der Waals surface area contributed by atoms with Crippen molar-refractivity contribution in [2.24, 2.45) is 0 Å². The first-order valence-corrected chi connectivity index (χ1v) is 13.6. The fourth-order valence-corrected chi connectivity index (χ4v) is 5.75. The highest BCUT2D eigenvalue weighted by molar-refractivity contribution is 7.17. The van der Waals surface area contributed by atoms with Crippen molar-refractivity contribution in [1.29, 1.82) is 0 Å². The quantitative estimate of drug-likeness (QED) is 0.236. The van der Waals surface area contributed by atoms with Gasteiger partial charge < -0.3 is 30.2 Å². The summed E-state index contributed by atoms with van der Waals surface area (Å²) in [5.41, 5.74) is 5.98. The number of thiophene rings is 1. The summed E-state index contributed by atoms with van der Waals surface area (Å²) in [5, 5.41) is 9.46. The fourth-order valence-electron chi connectivity index (χ4n) is 4.92. The van der Waals surface area contributed by atoms with Gasteiger partial charge in [0.05, 0.1) is 40.1 Å². The molecule has 1 amide bonds. The molecule has 0 spiro atoms. The molecular formula is C29H29N7O2S. The standard InChI is InChI=1S/C29H29N7O2S/c1-4-26(37)31-22-15-23(25(38-3)16-24(22)36-12-10-35(2)11-13-36)33-29-32-21-9-14-39-28(21)27(34-29)19-17-30-20-8-6-5-7-18(19)20/h4-9,14-17,30H,1,10-13H2,2-3H3,(H,31,37)(H,32,33,34). The average Bonchev–Trinajstić information content (AvgIpc) is 3.61. The molecular weight excluding hydrogens is 510 g/mol. The Hall–Kier alpha value is -4.41. The molecule has 39 heavy (non-hydrogen) atoms. The largest absolute Gasteiger partial charge is 0.494 e. The van der Waals surface area contributed by atoms with Gasteiger partial charge in [-0.1, -0.05) is 24.8 Å². The molecule has 0 saturated carbocycles. The van der Waals surface area contributed by atoms with Crippen molar-refractivity contribution < 1.29 is 9.53 Å². The molecule has 10 heteroatoms. The number of methoxy groups -OCH3 is 1. The summed E-state index contributed by atoms with van der Waals surface area (Å²) >= 11 is 1.62. The van der Waals surface area contributed by atoms with Crippen LogP contribution in [0, 0.1) is 0 Å². The van der Waals surface area contributed by atoms with Crippen molar-refractivity contribution in [3.63, 3.8) is 0 Å². The maximum atomic E-state index is 12.4. The normalized spacial score (nSPS) is 14.1. The summed E-state index contributed by atoms with van der Waals surface area (Å²) in [6, 6.07) is 14.0. The molecule has 1 aliphatic rings. The number of carbonyl (C=O) groups excluding carboxylic acids is 1. The van der Waals surface area contributed by atoms with Gasteiger partial charge in [0.15, 0.2) is 0 Å². The Balaban J connectivity index is 1.43. The zero-order valence-electron chi connectivity index (χ0n) is 21.8. The molecule has 1 saturated heterocycles. The zero-order chi connectivity index (χ0) is 26.9. The van der Waals surface area contributed by atoms with E-state index in [-0.39, 0.29) is 5.91 Å². The van der Waals surface area contributed by atoms with E-state index in [4.69, 9.17) is 14.7 Å². The van der Waals surface area contributed by atoms with Gasteiger partial charge in [0.2, 0.25) is 11.9 Å². The first kappa shape index (κ1) is 24.9. The van der Waals surface area contributed by atoms with E-state index < -0.39 is 0 Å². The van der Waals surface area contributed by atoms with Gasteiger partial charge >= 0.3 is 0 Å². The van der Waals surface area contributed by atoms with Crippen LogP contribution in [0.15, 0.2) is 66.7 Å². The monoisotopic (exact) mass is 539 g/mol. The highest BCUT2D eigenvalue weighted by Crippen LogP contribution is 2.40. The van der Waals surface area contributed by atoms with Crippen LogP contribution in [0.2, 0.25) is 0 Å². The van der Waals surface area contributed by atoms with Gasteiger partial charge in [-0.05, 0) is 36.7 Å². The van der Waals surface area contributed by atoms with E-state index >= 15 is 0 Å². The SMILES string of the molecule is C=CC(=O)Nc1cc(Nc2nc(-c3c[nH]c4ccccc34)c3sccc3n2)c(OC)cc1N1CCN(C)CC1. The van der Waals surface area contributed by atoms with Crippen LogP contribution in [-0.4, -0.2) is 66.1 Å². The van der Waals surface area contributed by atoms with Crippen LogP contribution >= 0.6 is 11.3 Å². The van der Waals surface area contributed by atoms with Crippen LogP contribution in [0.4, 0.5) is 23.0 Å². The molecule has 3 aromatic heterocycles. The van der Waals surface area contributed by atoms with Crippen molar-refractivity contribution in [3.05, 3.63) is 66.7 Å². The first-order valence-electron chi connectivity index (χ1n) is 12.7. The molecule has 0 bridgehead atoms. The Bertz CT molecular complexity index is 1680. The van der Waals surface area contributed by atoms with Crippen LogP contribution in [0.1, 0.15) is 0 Å². The topological polar surface area (TPSA) is 98.4 Å². The Labute approximate surface area is 230 Å². The predicted octanol–water partition coefficient (Wildman–Crippen LogP) is 5.47. The number of nitrogens with zero attached hydrogens (tertiary/aromatic N) is 4. The number of piperazine rings is 1. The number of aromatic amines is 1. The molecule has 0 aliphatic carbocycles. The van der Waals surface area contributed by atoms with Gasteiger partial charge in [0.1, 0.15) is 5.75 Å². The third-order valence-electron chi connectivity index (χ3n) is 7.00. The molecule has 1 fully saturated rings. The number of carbonyl (C=O) groups is 1. The van der Waals surface area contributed by atoms with Crippen molar-refractivity contribution in [2.45, 2.75) is 0 Å². The van der Waals surface area contributed by atoms with Gasteiger partial charge in [-0.25, -0.2) is 9.97 Å². The second kappa shape index (κ2) is 10.4. The zero-order valence-corrected chi connectivity index (χ0v) is 22.6. The summed E-state index contributed by atoms with van der Waals surface area (Å²) in [6.45, 7) is 7.17. The molecule has 2 aromatic carbocycles. The van der Waals surface area contributed by atoms with Crippen molar-refractivity contribution >= 4 is 61.4 Å². The molecule has 0 radical (unpaired) electrons. The Morgan fingerprint density at radius 2 is 1.95 bits per heavy atom. The Kier molecular flexibility index (Phi) is 6.64. The summed E-state index contributed by atoms with van der Waals surface area (Å²) in [7, 11) is 3.75. The van der Waals surface area contributed by atoms with E-state index in [1.807, 2.05) is 41.9 Å². The van der Waals surface area contributed by atoms with E-state index in [0.717, 1.165) is 64.2 Å². The van der Waals surface area contributed by atoms with Crippen LogP contribution in [-0.2, 0) is 4.79 Å². The van der Waals surface area contributed by atoms with Gasteiger partial charge in [-0.2, -0.15) is 0 Å². The molecule has 198 valence electrons. The lowest BCUT2D eigenvalue weighted by Gasteiger charge is -2.35. The van der Waals surface area contributed by atoms with Gasteiger partial charge in [0.25, 0.3) is 0 Å². The molecule has 5 aromatic rings. The van der Waals surface area contributed by atoms with Crippen molar-refractivity contribution in [1.82, 2.24) is 19.9 Å². The number of ether oxygens (including phenoxy) is 1. The van der Waals surface area contributed by atoms with Crippen LogP contribution in [0.3, 0.4) is 0 Å². The number of para-hydroxylation sites is 1. The van der Waals surface area contributed by atoms with Crippen LogP contribution in [0.5, 0.6) is 5.75 Å². The number of likely N-dealkylation sites (N-methyl/N-ethyl adjacent to an activating group) is 1. The summed E-state index contributed by atoms with van der Waals surface area (Å²) in [4.78, 5) is 30.0. The lowest BCUT2D eigenvalue weighted by atomic mass is 10.1. The van der Waals surface area contributed by atoms with Gasteiger partial charge in [-0.15, -0.1) is 11.3 Å². The molecule has 0 unspecified atom stereocenters. The maximum Gasteiger partial charge on any atom is 0.247 e. The second-order valence-corrected chi connectivity index (χ2v) is 10.4. The molecule has 0 atom stereocenters. The minimum atomic E-state index is -0.279. The van der Waals surface area contributed by atoms with E-state index in [2.05, 4.69) is 51.2 Å². The minimum Gasteiger partial charge on any atom is -0.494 e. The molecule has 6 rings (SSSR count). The number of hydrogen-bond acceptors (Lipinski definition) is 8. The number of H-pyrrole nitrogens is 1. The van der Waals surface area contributed by atoms with E-state index in [1.54, 1.807) is 18.4 Å². The maximum absolute atomic E-state index is 12.4. The highest BCUT2D eigenvalue weighted by Gasteiger charge is 2.22. The molecule has 9 nitrogen and oxygen atoms in total. The smallest absolute Gasteiger partial charge is 0.247 e. The Morgan fingerprint density at radius 3 is 2.74 bits per heavy atom. The van der Waals surface area contributed by atoms with Crippen molar-refractivity contribution in [3.8, 4) is 17.0 Å². The number of fused-ring (bicyclic) bond motifs is 2. The van der Waals surface area contributed by atoms with Crippen LogP contribution in [0.25, 0.3) is 32.4 Å². The third-order valence-corrected chi connectivity index (χ3v) is 7.91. The average molecular weight is 540 g/mol. The van der Waals surface area contributed by atoms with Gasteiger partial charge in [0, 0.05) is 54.9 Å². The van der Waals surface area contributed by atoms with E-state index in [9.17, 15) is 4.79 Å². The van der Waals surface area contributed by atoms with Crippen LogP contribution < -0.4 is 20.3 Å². The lowest BCUT2D eigenvalue weighted by molar-refractivity contribution is -0.111. The summed E-state index contributed by atoms with van der Waals surface area (Å²) < 4.78 is 6.81. The van der Waals surface area contributed by atoms with E-state index in [0.29, 0.717) is 23.1 Å². The second-order valence-electron chi connectivity index (χ2n) is 9.46. The van der Waals surface area contributed by atoms with Gasteiger partial charge in [-0.3, -0.25) is 4.79 Å². The van der Waals surface area contributed by atoms with E-state index in [1.165, 1.54) is 6.08 Å². The summed E-state index contributed by atoms with van der Waals surface area (Å²) in [6.07, 6.45) is 3.26.